The summed E-state index contributed by atoms with van der Waals surface area (Å²) in [4.78, 5) is 13.1. The van der Waals surface area contributed by atoms with Gasteiger partial charge in [0, 0.05) is 28.6 Å². The van der Waals surface area contributed by atoms with Crippen LogP contribution >= 0.6 is 23.2 Å². The predicted molar refractivity (Wildman–Crippen MR) is 74.0 cm³/mol. The Morgan fingerprint density at radius 3 is 2.50 bits per heavy atom. The Balaban J connectivity index is 2.45. The van der Waals surface area contributed by atoms with Gasteiger partial charge < -0.3 is 9.64 Å². The summed E-state index contributed by atoms with van der Waals surface area (Å²) < 4.78 is 4.59. The number of carbonyl (C=O) groups excluding carboxylic acids is 1. The van der Waals surface area contributed by atoms with Crippen molar-refractivity contribution in [3.63, 3.8) is 0 Å². The summed E-state index contributed by atoms with van der Waals surface area (Å²) in [6.07, 6.45) is 1.18. The maximum Gasteiger partial charge on any atom is 0.305 e. The van der Waals surface area contributed by atoms with E-state index in [9.17, 15) is 4.79 Å². The topological polar surface area (TPSA) is 29.5 Å². The molecule has 0 radical (unpaired) electrons. The largest absolute Gasteiger partial charge is 0.469 e. The highest BCUT2D eigenvalue weighted by molar-refractivity contribution is 6.35. The molecule has 0 amide bonds. The lowest BCUT2D eigenvalue weighted by atomic mass is 10.2. The van der Waals surface area contributed by atoms with Gasteiger partial charge in [0.2, 0.25) is 0 Å². The molecule has 0 aliphatic rings. The third-order valence-corrected chi connectivity index (χ3v) is 3.35. The van der Waals surface area contributed by atoms with E-state index in [1.54, 1.807) is 0 Å². The van der Waals surface area contributed by atoms with Gasteiger partial charge >= 0.3 is 5.97 Å². The van der Waals surface area contributed by atoms with Crippen molar-refractivity contribution in [3.8, 4) is 0 Å². The minimum atomic E-state index is -0.181. The number of esters is 1. The fourth-order valence-electron chi connectivity index (χ4n) is 1.63. The number of ether oxygens (including phenoxy) is 1. The molecule has 5 heteroatoms. The Morgan fingerprint density at radius 2 is 1.94 bits per heavy atom. The molecule has 0 saturated carbocycles. The van der Waals surface area contributed by atoms with Gasteiger partial charge in [-0.05, 0) is 32.1 Å². The minimum absolute atomic E-state index is 0.181. The number of methoxy groups -OCH3 is 1. The zero-order chi connectivity index (χ0) is 13.5. The molecule has 0 aromatic heterocycles. The number of nitrogens with zero attached hydrogens (tertiary/aromatic N) is 1. The van der Waals surface area contributed by atoms with Crippen LogP contribution in [0.25, 0.3) is 0 Å². The molecule has 0 aliphatic heterocycles. The molecule has 3 nitrogen and oxygen atoms in total. The van der Waals surface area contributed by atoms with Crippen molar-refractivity contribution in [2.45, 2.75) is 19.4 Å². The van der Waals surface area contributed by atoms with E-state index < -0.39 is 0 Å². The van der Waals surface area contributed by atoms with Crippen molar-refractivity contribution in [3.05, 3.63) is 33.8 Å². The van der Waals surface area contributed by atoms with E-state index in [1.807, 2.05) is 25.2 Å². The molecule has 0 fully saturated rings. The van der Waals surface area contributed by atoms with E-state index >= 15 is 0 Å². The van der Waals surface area contributed by atoms with Gasteiger partial charge in [-0.2, -0.15) is 0 Å². The highest BCUT2D eigenvalue weighted by atomic mass is 35.5. The molecule has 1 aromatic rings. The summed E-state index contributed by atoms with van der Waals surface area (Å²) >= 11 is 12.2. The Kier molecular flexibility index (Phi) is 6.47. The molecule has 1 aromatic carbocycles. The molecule has 0 heterocycles. The zero-order valence-corrected chi connectivity index (χ0v) is 12.1. The maximum absolute atomic E-state index is 11.0. The van der Waals surface area contributed by atoms with Crippen molar-refractivity contribution in [1.29, 1.82) is 0 Å². The van der Waals surface area contributed by atoms with E-state index in [4.69, 9.17) is 23.2 Å². The van der Waals surface area contributed by atoms with Gasteiger partial charge in [0.05, 0.1) is 7.11 Å². The number of carbonyl (C=O) groups is 1. The van der Waals surface area contributed by atoms with Crippen LogP contribution in [0.2, 0.25) is 10.0 Å². The Labute approximate surface area is 118 Å². The molecule has 0 atom stereocenters. The summed E-state index contributed by atoms with van der Waals surface area (Å²) in [5, 5.41) is 1.34. The molecule has 0 unspecified atom stereocenters. The van der Waals surface area contributed by atoms with E-state index in [0.29, 0.717) is 23.0 Å². The van der Waals surface area contributed by atoms with Gasteiger partial charge in [0.15, 0.2) is 0 Å². The summed E-state index contributed by atoms with van der Waals surface area (Å²) in [7, 11) is 3.37. The van der Waals surface area contributed by atoms with Crippen LogP contribution in [0, 0.1) is 0 Å². The van der Waals surface area contributed by atoms with Crippen molar-refractivity contribution in [2.75, 3.05) is 20.7 Å². The molecule has 0 saturated heterocycles. The van der Waals surface area contributed by atoms with Crippen LogP contribution in [-0.4, -0.2) is 31.6 Å². The highest BCUT2D eigenvalue weighted by Crippen LogP contribution is 2.25. The third kappa shape index (κ3) is 4.84. The highest BCUT2D eigenvalue weighted by Gasteiger charge is 2.09. The smallest absolute Gasteiger partial charge is 0.305 e. The number of rotatable bonds is 6. The van der Waals surface area contributed by atoms with E-state index in [-0.39, 0.29) is 5.97 Å². The van der Waals surface area contributed by atoms with Crippen LogP contribution < -0.4 is 0 Å². The van der Waals surface area contributed by atoms with Crippen LogP contribution in [0.4, 0.5) is 0 Å². The van der Waals surface area contributed by atoms with Gasteiger partial charge in [-0.15, -0.1) is 0 Å². The van der Waals surface area contributed by atoms with Crippen LogP contribution in [0.3, 0.4) is 0 Å². The standard InChI is InChI=1S/C13H17Cl2NO2/c1-16(8-4-7-13(17)18-2)9-10-11(14)5-3-6-12(10)15/h3,5-6H,4,7-9H2,1-2H3. The Bertz CT molecular complexity index is 390. The zero-order valence-electron chi connectivity index (χ0n) is 10.6. The fourth-order valence-corrected chi connectivity index (χ4v) is 2.14. The second-order valence-corrected chi connectivity index (χ2v) is 4.93. The SMILES string of the molecule is COC(=O)CCCN(C)Cc1c(Cl)cccc1Cl. The second kappa shape index (κ2) is 7.62. The number of benzene rings is 1. The van der Waals surface area contributed by atoms with Gasteiger partial charge in [0.1, 0.15) is 0 Å². The van der Waals surface area contributed by atoms with Crippen molar-refractivity contribution in [2.24, 2.45) is 0 Å². The summed E-state index contributed by atoms with van der Waals surface area (Å²) in [5.41, 5.74) is 0.918. The molecular weight excluding hydrogens is 273 g/mol. The first kappa shape index (κ1) is 15.3. The molecule has 0 N–H and O–H groups in total. The molecule has 0 spiro atoms. The first-order valence-corrected chi connectivity index (χ1v) is 6.48. The van der Waals surface area contributed by atoms with Gasteiger partial charge in [-0.1, -0.05) is 29.3 Å². The third-order valence-electron chi connectivity index (χ3n) is 2.64. The molecule has 100 valence electrons. The average molecular weight is 290 g/mol. The molecule has 18 heavy (non-hydrogen) atoms. The average Bonchev–Trinajstić information content (AvgIpc) is 2.34. The van der Waals surface area contributed by atoms with Crippen molar-refractivity contribution < 1.29 is 9.53 Å². The molecule has 0 bridgehead atoms. The van der Waals surface area contributed by atoms with Gasteiger partial charge in [-0.3, -0.25) is 4.79 Å². The molecule has 0 aliphatic carbocycles. The van der Waals surface area contributed by atoms with Gasteiger partial charge in [0.25, 0.3) is 0 Å². The summed E-state index contributed by atoms with van der Waals surface area (Å²) in [6, 6.07) is 5.47. The van der Waals surface area contributed by atoms with Crippen LogP contribution in [0.1, 0.15) is 18.4 Å². The van der Waals surface area contributed by atoms with E-state index in [1.165, 1.54) is 7.11 Å². The lowest BCUT2D eigenvalue weighted by Crippen LogP contribution is -2.20. The number of halogens is 2. The number of hydrogen-bond acceptors (Lipinski definition) is 3. The lowest BCUT2D eigenvalue weighted by Gasteiger charge is -2.18. The lowest BCUT2D eigenvalue weighted by molar-refractivity contribution is -0.140. The summed E-state index contributed by atoms with van der Waals surface area (Å²) in [5.74, 6) is -0.181. The van der Waals surface area contributed by atoms with Crippen molar-refractivity contribution >= 4 is 29.2 Å². The Morgan fingerprint density at radius 1 is 1.33 bits per heavy atom. The van der Waals surface area contributed by atoms with Crippen molar-refractivity contribution in [1.82, 2.24) is 4.90 Å². The first-order valence-electron chi connectivity index (χ1n) is 5.73. The van der Waals surface area contributed by atoms with E-state index in [2.05, 4.69) is 9.64 Å². The van der Waals surface area contributed by atoms with Crippen LogP contribution in [-0.2, 0) is 16.1 Å². The number of hydrogen-bond donors (Lipinski definition) is 0. The minimum Gasteiger partial charge on any atom is -0.469 e. The quantitative estimate of drug-likeness (QED) is 0.752. The van der Waals surface area contributed by atoms with Crippen LogP contribution in [0.15, 0.2) is 18.2 Å². The maximum atomic E-state index is 11.0. The van der Waals surface area contributed by atoms with E-state index in [0.717, 1.165) is 18.5 Å². The van der Waals surface area contributed by atoms with Crippen LogP contribution in [0.5, 0.6) is 0 Å². The second-order valence-electron chi connectivity index (χ2n) is 4.12. The molecular formula is C13H17Cl2NO2. The van der Waals surface area contributed by atoms with Gasteiger partial charge in [-0.25, -0.2) is 0 Å². The first-order chi connectivity index (χ1) is 8.54. The fraction of sp³-hybridized carbons (Fsp3) is 0.462. The molecule has 1 rings (SSSR count). The monoisotopic (exact) mass is 289 g/mol. The summed E-state index contributed by atoms with van der Waals surface area (Å²) in [6.45, 7) is 1.45. The predicted octanol–water partition coefficient (Wildman–Crippen LogP) is 3.38. The Hall–Kier alpha value is -0.770. The normalized spacial score (nSPS) is 10.7.